The van der Waals surface area contributed by atoms with E-state index < -0.39 is 9.84 Å². The van der Waals surface area contributed by atoms with Crippen LogP contribution in [-0.4, -0.2) is 47.6 Å². The highest BCUT2D eigenvalue weighted by Crippen LogP contribution is 2.35. The SMILES string of the molecule is COc1cc(OC)c(C=CS(=O)(=O)Cc2cnc(OC)c(NC=CC(=O)c3ccccc3)c2)c(OC)c1. The van der Waals surface area contributed by atoms with Crippen LogP contribution in [0.5, 0.6) is 23.1 Å². The Kier molecular flexibility index (Phi) is 9.28. The second kappa shape index (κ2) is 12.6. The fourth-order valence-electron chi connectivity index (χ4n) is 3.40. The maximum atomic E-state index is 12.9. The molecular formula is C27H28N2O7S. The van der Waals surface area contributed by atoms with Crippen molar-refractivity contribution in [1.29, 1.82) is 0 Å². The molecule has 0 unspecified atom stereocenters. The number of allylic oxidation sites excluding steroid dienone is 1. The predicted octanol–water partition coefficient (Wildman–Crippen LogP) is 4.51. The van der Waals surface area contributed by atoms with Gasteiger partial charge >= 0.3 is 0 Å². The minimum atomic E-state index is -3.71. The Morgan fingerprint density at radius 1 is 0.946 bits per heavy atom. The van der Waals surface area contributed by atoms with Crippen molar-refractivity contribution in [2.24, 2.45) is 0 Å². The molecule has 0 aliphatic carbocycles. The summed E-state index contributed by atoms with van der Waals surface area (Å²) in [5.74, 6) is 1.06. The van der Waals surface area contributed by atoms with Crippen LogP contribution in [0, 0.1) is 0 Å². The monoisotopic (exact) mass is 524 g/mol. The molecule has 0 spiro atoms. The van der Waals surface area contributed by atoms with Gasteiger partial charge in [0.2, 0.25) is 5.88 Å². The Morgan fingerprint density at radius 2 is 1.62 bits per heavy atom. The number of nitrogens with zero attached hydrogens (tertiary/aromatic N) is 1. The molecule has 3 aromatic rings. The van der Waals surface area contributed by atoms with E-state index in [9.17, 15) is 13.2 Å². The molecular weight excluding hydrogens is 496 g/mol. The lowest BCUT2D eigenvalue weighted by atomic mass is 10.1. The molecule has 37 heavy (non-hydrogen) atoms. The van der Waals surface area contributed by atoms with E-state index in [-0.39, 0.29) is 17.4 Å². The topological polar surface area (TPSA) is 113 Å². The summed E-state index contributed by atoms with van der Waals surface area (Å²) in [5.41, 5.74) is 1.83. The van der Waals surface area contributed by atoms with E-state index in [1.54, 1.807) is 42.5 Å². The first-order valence-corrected chi connectivity index (χ1v) is 12.8. The molecule has 9 nitrogen and oxygen atoms in total. The second-order valence-electron chi connectivity index (χ2n) is 7.66. The van der Waals surface area contributed by atoms with E-state index in [1.807, 2.05) is 6.07 Å². The zero-order chi connectivity index (χ0) is 26.8. The fourth-order valence-corrected chi connectivity index (χ4v) is 4.46. The summed E-state index contributed by atoms with van der Waals surface area (Å²) in [7, 11) is 2.19. The lowest BCUT2D eigenvalue weighted by Gasteiger charge is -2.12. The van der Waals surface area contributed by atoms with Crippen LogP contribution in [0.15, 0.2) is 72.4 Å². The summed E-state index contributed by atoms with van der Waals surface area (Å²) in [5, 5.41) is 4.04. The number of methoxy groups -OCH3 is 4. The van der Waals surface area contributed by atoms with Gasteiger partial charge in [-0.25, -0.2) is 13.4 Å². The third kappa shape index (κ3) is 7.34. The average molecular weight is 525 g/mol. The number of benzene rings is 2. The summed E-state index contributed by atoms with van der Waals surface area (Å²) < 4.78 is 47.0. The standard InChI is InChI=1S/C27H28N2O7S/c1-33-21-15-25(34-2)22(26(16-21)35-3)11-13-37(31,32)18-19-14-23(27(36-4)29-17-19)28-12-10-24(30)20-8-6-5-7-9-20/h5-17,28H,18H2,1-4H3. The molecule has 10 heteroatoms. The molecule has 0 radical (unpaired) electrons. The van der Waals surface area contributed by atoms with Crippen LogP contribution in [0.4, 0.5) is 5.69 Å². The summed E-state index contributed by atoms with van der Waals surface area (Å²) in [4.78, 5) is 16.5. The minimum absolute atomic E-state index is 0.187. The summed E-state index contributed by atoms with van der Waals surface area (Å²) >= 11 is 0. The molecule has 1 N–H and O–H groups in total. The van der Waals surface area contributed by atoms with Gasteiger partial charge in [-0.05, 0) is 17.7 Å². The van der Waals surface area contributed by atoms with Gasteiger partial charge in [-0.1, -0.05) is 30.3 Å². The van der Waals surface area contributed by atoms with Crippen molar-refractivity contribution in [3.8, 4) is 23.1 Å². The number of carbonyl (C=O) groups excluding carboxylic acids is 1. The number of pyridine rings is 1. The number of hydrogen-bond donors (Lipinski definition) is 1. The first kappa shape index (κ1) is 27.3. The Labute approximate surface area is 216 Å². The highest BCUT2D eigenvalue weighted by Gasteiger charge is 2.15. The van der Waals surface area contributed by atoms with Gasteiger partial charge in [-0.2, -0.15) is 0 Å². The lowest BCUT2D eigenvalue weighted by molar-refractivity contribution is 0.104. The molecule has 1 aromatic heterocycles. The molecule has 0 aliphatic rings. The summed E-state index contributed by atoms with van der Waals surface area (Å²) in [6.07, 6.45) is 5.66. The zero-order valence-corrected chi connectivity index (χ0v) is 21.7. The van der Waals surface area contributed by atoms with Gasteiger partial charge in [0.15, 0.2) is 15.6 Å². The molecule has 1 heterocycles. The van der Waals surface area contributed by atoms with Crippen molar-refractivity contribution in [2.45, 2.75) is 5.75 Å². The van der Waals surface area contributed by atoms with Gasteiger partial charge < -0.3 is 24.3 Å². The van der Waals surface area contributed by atoms with Crippen LogP contribution < -0.4 is 24.3 Å². The highest BCUT2D eigenvalue weighted by molar-refractivity contribution is 7.93. The maximum absolute atomic E-state index is 12.9. The van der Waals surface area contributed by atoms with Crippen LogP contribution in [-0.2, 0) is 15.6 Å². The van der Waals surface area contributed by atoms with E-state index in [2.05, 4.69) is 10.3 Å². The van der Waals surface area contributed by atoms with Crippen LogP contribution >= 0.6 is 0 Å². The minimum Gasteiger partial charge on any atom is -0.496 e. The summed E-state index contributed by atoms with van der Waals surface area (Å²) in [6, 6.07) is 13.7. The number of ketones is 1. The van der Waals surface area contributed by atoms with Gasteiger partial charge in [0.25, 0.3) is 0 Å². The Hall–Kier alpha value is -4.31. The van der Waals surface area contributed by atoms with Crippen LogP contribution in [0.2, 0.25) is 0 Å². The normalized spacial score (nSPS) is 11.5. The van der Waals surface area contributed by atoms with Crippen molar-refractivity contribution in [2.75, 3.05) is 33.8 Å². The molecule has 0 atom stereocenters. The number of sulfone groups is 1. The van der Waals surface area contributed by atoms with Gasteiger partial charge in [0.05, 0.1) is 39.8 Å². The molecule has 2 aromatic carbocycles. The molecule has 0 bridgehead atoms. The van der Waals surface area contributed by atoms with Gasteiger partial charge in [-0.3, -0.25) is 4.79 Å². The molecule has 0 saturated carbocycles. The molecule has 0 amide bonds. The number of ether oxygens (including phenoxy) is 4. The predicted molar refractivity (Wildman–Crippen MR) is 142 cm³/mol. The van der Waals surface area contributed by atoms with E-state index >= 15 is 0 Å². The molecule has 3 rings (SSSR count). The van der Waals surface area contributed by atoms with Crippen LogP contribution in [0.1, 0.15) is 21.5 Å². The van der Waals surface area contributed by atoms with Gasteiger partial charge in [0.1, 0.15) is 22.9 Å². The van der Waals surface area contributed by atoms with E-state index in [1.165, 1.54) is 53.0 Å². The van der Waals surface area contributed by atoms with Crippen molar-refractivity contribution in [1.82, 2.24) is 4.98 Å². The van der Waals surface area contributed by atoms with E-state index in [0.29, 0.717) is 39.6 Å². The van der Waals surface area contributed by atoms with E-state index in [0.717, 1.165) is 5.41 Å². The van der Waals surface area contributed by atoms with Crippen molar-refractivity contribution >= 4 is 27.4 Å². The molecule has 0 fully saturated rings. The number of nitrogens with one attached hydrogen (secondary N) is 1. The number of aromatic nitrogens is 1. The Morgan fingerprint density at radius 3 is 2.22 bits per heavy atom. The molecule has 0 saturated heterocycles. The first-order valence-electron chi connectivity index (χ1n) is 11.1. The summed E-state index contributed by atoms with van der Waals surface area (Å²) in [6.45, 7) is 0. The number of rotatable bonds is 12. The van der Waals surface area contributed by atoms with Crippen LogP contribution in [0.3, 0.4) is 0 Å². The number of hydrogen-bond acceptors (Lipinski definition) is 9. The van der Waals surface area contributed by atoms with Gasteiger partial charge in [-0.15, -0.1) is 0 Å². The van der Waals surface area contributed by atoms with Gasteiger partial charge in [0, 0.05) is 41.6 Å². The van der Waals surface area contributed by atoms with E-state index in [4.69, 9.17) is 18.9 Å². The number of carbonyl (C=O) groups is 1. The molecule has 0 aliphatic heterocycles. The Balaban J connectivity index is 1.79. The fraction of sp³-hybridized carbons (Fsp3) is 0.185. The van der Waals surface area contributed by atoms with Crippen molar-refractivity contribution in [3.05, 3.63) is 89.1 Å². The maximum Gasteiger partial charge on any atom is 0.237 e. The quantitative estimate of drug-likeness (QED) is 0.270. The second-order valence-corrected chi connectivity index (χ2v) is 9.55. The van der Waals surface area contributed by atoms with Crippen molar-refractivity contribution in [3.63, 3.8) is 0 Å². The van der Waals surface area contributed by atoms with Crippen molar-refractivity contribution < 1.29 is 32.2 Å². The molecule has 194 valence electrons. The van der Waals surface area contributed by atoms with Crippen LogP contribution in [0.25, 0.3) is 6.08 Å². The average Bonchev–Trinajstić information content (AvgIpc) is 2.91. The lowest BCUT2D eigenvalue weighted by Crippen LogP contribution is -2.04. The smallest absolute Gasteiger partial charge is 0.237 e. The first-order chi connectivity index (χ1) is 17.8. The third-order valence-corrected chi connectivity index (χ3v) is 6.48. The number of anilines is 1. The third-order valence-electron chi connectivity index (χ3n) is 5.20. The highest BCUT2D eigenvalue weighted by atomic mass is 32.2. The largest absolute Gasteiger partial charge is 0.496 e. The Bertz CT molecular complexity index is 1380. The zero-order valence-electron chi connectivity index (χ0n) is 20.9.